The lowest BCUT2D eigenvalue weighted by atomic mass is 10.2. The third kappa shape index (κ3) is 6.61. The van der Waals surface area contributed by atoms with E-state index in [0.717, 1.165) is 17.0 Å². The third-order valence-electron chi connectivity index (χ3n) is 2.47. The van der Waals surface area contributed by atoms with Gasteiger partial charge in [0.05, 0.1) is 19.0 Å². The molecule has 1 rings (SSSR count). The molecule has 0 fully saturated rings. The Morgan fingerprint density at radius 3 is 2.95 bits per heavy atom. The van der Waals surface area contributed by atoms with Gasteiger partial charge in [-0.15, -0.1) is 11.8 Å². The fraction of sp³-hybridized carbons (Fsp3) is 0.500. The summed E-state index contributed by atoms with van der Waals surface area (Å²) in [6.45, 7) is 4.33. The number of halogens is 1. The van der Waals surface area contributed by atoms with E-state index in [1.807, 2.05) is 18.2 Å². The maximum atomic E-state index is 11.4. The molecule has 6 heteroatoms. The molecule has 0 unspecified atom stereocenters. The lowest BCUT2D eigenvalue weighted by Crippen LogP contribution is -2.19. The first-order chi connectivity index (χ1) is 9.67. The van der Waals surface area contributed by atoms with Gasteiger partial charge in [-0.1, -0.05) is 11.6 Å². The Bertz CT molecular complexity index is 429. The van der Waals surface area contributed by atoms with Crippen molar-refractivity contribution in [2.45, 2.75) is 18.4 Å². The number of hydrogen-bond donors (Lipinski definition) is 1. The van der Waals surface area contributed by atoms with Gasteiger partial charge in [0.2, 0.25) is 0 Å². The molecule has 4 nitrogen and oxygen atoms in total. The Morgan fingerprint density at radius 1 is 1.45 bits per heavy atom. The van der Waals surface area contributed by atoms with Gasteiger partial charge in [-0.2, -0.15) is 0 Å². The number of carbonyl (C=O) groups excluding carboxylic acids is 1. The van der Waals surface area contributed by atoms with Crippen molar-refractivity contribution in [1.29, 1.82) is 0 Å². The zero-order valence-corrected chi connectivity index (χ0v) is 13.4. The van der Waals surface area contributed by atoms with Gasteiger partial charge in [0.15, 0.2) is 0 Å². The first kappa shape index (κ1) is 17.3. The monoisotopic (exact) mass is 317 g/mol. The van der Waals surface area contributed by atoms with Crippen LogP contribution in [0.2, 0.25) is 5.02 Å². The zero-order chi connectivity index (χ0) is 14.8. The van der Waals surface area contributed by atoms with Crippen molar-refractivity contribution in [1.82, 2.24) is 5.32 Å². The molecule has 0 heterocycles. The van der Waals surface area contributed by atoms with Crippen molar-refractivity contribution >= 4 is 29.3 Å². The molecule has 0 radical (unpaired) electrons. The van der Waals surface area contributed by atoms with Crippen LogP contribution in [0.15, 0.2) is 23.1 Å². The van der Waals surface area contributed by atoms with Crippen LogP contribution in [0.4, 0.5) is 0 Å². The van der Waals surface area contributed by atoms with Crippen molar-refractivity contribution in [3.8, 4) is 0 Å². The Hall–Kier alpha value is -0.750. The minimum atomic E-state index is -0.203. The highest BCUT2D eigenvalue weighted by atomic mass is 35.5. The van der Waals surface area contributed by atoms with Crippen LogP contribution < -0.4 is 5.32 Å². The second-order valence-electron chi connectivity index (χ2n) is 4.02. The minimum absolute atomic E-state index is 0.203. The Morgan fingerprint density at radius 2 is 2.25 bits per heavy atom. The summed E-state index contributed by atoms with van der Waals surface area (Å²) in [6.07, 6.45) is 0. The number of thioether (sulfide) groups is 1. The molecular formula is C14H20ClNO3S. The van der Waals surface area contributed by atoms with Gasteiger partial charge in [0.1, 0.15) is 0 Å². The number of nitrogens with one attached hydrogen (secondary N) is 1. The lowest BCUT2D eigenvalue weighted by molar-refractivity contribution is -0.139. The predicted octanol–water partition coefficient (Wildman–Crippen LogP) is 2.73. The Kier molecular flexibility index (Phi) is 8.69. The molecule has 112 valence electrons. The number of benzene rings is 1. The van der Waals surface area contributed by atoms with E-state index >= 15 is 0 Å². The van der Waals surface area contributed by atoms with Crippen molar-refractivity contribution in [2.75, 3.05) is 32.6 Å². The maximum absolute atomic E-state index is 11.4. The minimum Gasteiger partial charge on any atom is -0.465 e. The van der Waals surface area contributed by atoms with Gasteiger partial charge in [0.25, 0.3) is 0 Å². The molecule has 0 bridgehead atoms. The molecule has 0 aliphatic rings. The number of hydrogen-bond acceptors (Lipinski definition) is 5. The average Bonchev–Trinajstić information content (AvgIpc) is 2.43. The van der Waals surface area contributed by atoms with E-state index in [1.54, 1.807) is 14.0 Å². The zero-order valence-electron chi connectivity index (χ0n) is 11.8. The normalized spacial score (nSPS) is 10.6. The maximum Gasteiger partial charge on any atom is 0.316 e. The number of methoxy groups -OCH3 is 1. The molecular weight excluding hydrogens is 298 g/mol. The summed E-state index contributed by atoms with van der Waals surface area (Å²) in [4.78, 5) is 12.4. The van der Waals surface area contributed by atoms with E-state index in [-0.39, 0.29) is 5.97 Å². The van der Waals surface area contributed by atoms with E-state index in [1.165, 1.54) is 11.8 Å². The molecule has 0 saturated carbocycles. The van der Waals surface area contributed by atoms with Crippen LogP contribution in [-0.4, -0.2) is 38.6 Å². The van der Waals surface area contributed by atoms with Gasteiger partial charge in [0, 0.05) is 30.1 Å². The van der Waals surface area contributed by atoms with E-state index in [0.29, 0.717) is 30.5 Å². The number of ether oxygens (including phenoxy) is 2. The summed E-state index contributed by atoms with van der Waals surface area (Å²) in [5, 5.41) is 3.96. The molecule has 0 aliphatic heterocycles. The topological polar surface area (TPSA) is 47.6 Å². The predicted molar refractivity (Wildman–Crippen MR) is 82.4 cm³/mol. The van der Waals surface area contributed by atoms with Crippen molar-refractivity contribution in [3.63, 3.8) is 0 Å². The van der Waals surface area contributed by atoms with Gasteiger partial charge < -0.3 is 14.8 Å². The van der Waals surface area contributed by atoms with E-state index in [2.05, 4.69) is 5.32 Å². The molecule has 1 aromatic rings. The van der Waals surface area contributed by atoms with Crippen molar-refractivity contribution < 1.29 is 14.3 Å². The van der Waals surface area contributed by atoms with Crippen LogP contribution >= 0.6 is 23.4 Å². The summed E-state index contributed by atoms with van der Waals surface area (Å²) in [7, 11) is 1.67. The molecule has 1 aromatic carbocycles. The molecule has 0 spiro atoms. The van der Waals surface area contributed by atoms with Crippen LogP contribution in [0.1, 0.15) is 12.5 Å². The molecule has 1 N–H and O–H groups in total. The van der Waals surface area contributed by atoms with E-state index in [9.17, 15) is 4.79 Å². The number of esters is 1. The summed E-state index contributed by atoms with van der Waals surface area (Å²) >= 11 is 7.48. The second-order valence-corrected chi connectivity index (χ2v) is 5.47. The number of carbonyl (C=O) groups is 1. The lowest BCUT2D eigenvalue weighted by Gasteiger charge is -2.10. The second kappa shape index (κ2) is 10.0. The van der Waals surface area contributed by atoms with Gasteiger partial charge >= 0.3 is 5.97 Å². The van der Waals surface area contributed by atoms with Gasteiger partial charge in [-0.05, 0) is 30.7 Å². The van der Waals surface area contributed by atoms with Crippen molar-refractivity contribution in [3.05, 3.63) is 28.8 Å². The van der Waals surface area contributed by atoms with Crippen LogP contribution in [0.25, 0.3) is 0 Å². The molecule has 0 aromatic heterocycles. The Labute approximate surface area is 129 Å². The highest BCUT2D eigenvalue weighted by molar-refractivity contribution is 8.00. The highest BCUT2D eigenvalue weighted by Gasteiger charge is 2.08. The highest BCUT2D eigenvalue weighted by Crippen LogP contribution is 2.26. The SMILES string of the molecule is CCOC(=O)CSc1ccc(Cl)cc1CNCCOC. The fourth-order valence-electron chi connectivity index (χ4n) is 1.56. The summed E-state index contributed by atoms with van der Waals surface area (Å²) in [6, 6.07) is 5.67. The molecule has 20 heavy (non-hydrogen) atoms. The van der Waals surface area contributed by atoms with Crippen LogP contribution in [0, 0.1) is 0 Å². The van der Waals surface area contributed by atoms with E-state index in [4.69, 9.17) is 21.1 Å². The molecule has 0 aliphatic carbocycles. The summed E-state index contributed by atoms with van der Waals surface area (Å²) in [5.41, 5.74) is 1.07. The molecule has 0 amide bonds. The fourth-order valence-corrected chi connectivity index (χ4v) is 2.60. The quantitative estimate of drug-likeness (QED) is 0.431. The first-order valence-corrected chi connectivity index (χ1v) is 7.80. The average molecular weight is 318 g/mol. The van der Waals surface area contributed by atoms with Crippen LogP contribution in [0.3, 0.4) is 0 Å². The summed E-state index contributed by atoms with van der Waals surface area (Å²) in [5.74, 6) is 0.103. The van der Waals surface area contributed by atoms with Gasteiger partial charge in [-0.25, -0.2) is 0 Å². The smallest absolute Gasteiger partial charge is 0.316 e. The third-order valence-corrected chi connectivity index (χ3v) is 3.80. The van der Waals surface area contributed by atoms with E-state index < -0.39 is 0 Å². The first-order valence-electron chi connectivity index (χ1n) is 6.43. The Balaban J connectivity index is 2.57. The molecule has 0 atom stereocenters. The number of rotatable bonds is 9. The molecule has 0 saturated heterocycles. The summed E-state index contributed by atoms with van der Waals surface area (Å²) < 4.78 is 9.91. The van der Waals surface area contributed by atoms with Crippen LogP contribution in [0.5, 0.6) is 0 Å². The standard InChI is InChI=1S/C14H20ClNO3S/c1-3-19-14(17)10-20-13-5-4-12(15)8-11(13)9-16-6-7-18-2/h4-5,8,16H,3,6-7,9-10H2,1-2H3. The van der Waals surface area contributed by atoms with Crippen molar-refractivity contribution in [2.24, 2.45) is 0 Å². The van der Waals surface area contributed by atoms with Crippen LogP contribution in [-0.2, 0) is 20.8 Å². The van der Waals surface area contributed by atoms with Gasteiger partial charge in [-0.3, -0.25) is 4.79 Å². The largest absolute Gasteiger partial charge is 0.465 e.